The van der Waals surface area contributed by atoms with Gasteiger partial charge in [0.2, 0.25) is 5.89 Å². The zero-order valence-electron chi connectivity index (χ0n) is 14.1. The average molecular weight is 335 g/mol. The Hall–Kier alpha value is -3.15. The van der Waals surface area contributed by atoms with E-state index in [0.29, 0.717) is 19.0 Å². The van der Waals surface area contributed by atoms with Gasteiger partial charge in [0.1, 0.15) is 12.0 Å². The van der Waals surface area contributed by atoms with E-state index in [9.17, 15) is 0 Å². The zero-order valence-corrected chi connectivity index (χ0v) is 14.1. The Labute approximate surface area is 147 Å². The molecule has 2 N–H and O–H groups in total. The molecule has 0 spiro atoms. The standard InChI is InChI=1S/C19H21N5O/c1-2-20-19(22-12-16-10-6-7-11-21-16)23-13-17-14-25-18(24-17)15-8-4-3-5-9-15/h3-11,14H,2,12-13H2,1H3,(H2,20,22,23). The van der Waals surface area contributed by atoms with Crippen LogP contribution in [0.15, 0.2) is 70.4 Å². The number of pyridine rings is 1. The lowest BCUT2D eigenvalue weighted by molar-refractivity contribution is 0.572. The summed E-state index contributed by atoms with van der Waals surface area (Å²) in [6, 6.07) is 15.7. The molecule has 2 heterocycles. The van der Waals surface area contributed by atoms with Gasteiger partial charge in [0, 0.05) is 18.3 Å². The van der Waals surface area contributed by atoms with Gasteiger partial charge in [-0.15, -0.1) is 0 Å². The predicted octanol–water partition coefficient (Wildman–Crippen LogP) is 2.99. The maximum Gasteiger partial charge on any atom is 0.226 e. The molecule has 6 heteroatoms. The molecule has 0 unspecified atom stereocenters. The SMILES string of the molecule is CCNC(=NCc1coc(-c2ccccc2)n1)NCc1ccccn1. The molecule has 0 radical (unpaired) electrons. The van der Waals surface area contributed by atoms with E-state index in [1.165, 1.54) is 0 Å². The molecule has 0 bridgehead atoms. The second kappa shape index (κ2) is 8.63. The van der Waals surface area contributed by atoms with Gasteiger partial charge in [0.05, 0.1) is 18.8 Å². The molecule has 0 saturated carbocycles. The normalized spacial score (nSPS) is 11.3. The summed E-state index contributed by atoms with van der Waals surface area (Å²) in [5.74, 6) is 1.33. The third-order valence-electron chi connectivity index (χ3n) is 3.48. The monoisotopic (exact) mass is 335 g/mol. The van der Waals surface area contributed by atoms with Crippen molar-refractivity contribution in [1.82, 2.24) is 20.6 Å². The predicted molar refractivity (Wildman–Crippen MR) is 97.8 cm³/mol. The van der Waals surface area contributed by atoms with Crippen LogP contribution in [0.25, 0.3) is 11.5 Å². The Morgan fingerprint density at radius 1 is 1.04 bits per heavy atom. The fourth-order valence-corrected chi connectivity index (χ4v) is 2.27. The van der Waals surface area contributed by atoms with E-state index in [4.69, 9.17) is 4.42 Å². The highest BCUT2D eigenvalue weighted by atomic mass is 16.3. The van der Waals surface area contributed by atoms with Crippen molar-refractivity contribution in [3.05, 3.63) is 72.4 Å². The van der Waals surface area contributed by atoms with E-state index in [1.807, 2.05) is 55.5 Å². The number of hydrogen-bond donors (Lipinski definition) is 2. The molecular weight excluding hydrogens is 314 g/mol. The minimum Gasteiger partial charge on any atom is -0.444 e. The number of benzene rings is 1. The molecule has 6 nitrogen and oxygen atoms in total. The summed E-state index contributed by atoms with van der Waals surface area (Å²) in [5, 5.41) is 6.48. The number of rotatable bonds is 6. The lowest BCUT2D eigenvalue weighted by Gasteiger charge is -2.10. The van der Waals surface area contributed by atoms with E-state index >= 15 is 0 Å². The molecule has 0 atom stereocenters. The molecule has 3 rings (SSSR count). The minimum absolute atomic E-state index is 0.438. The highest BCUT2D eigenvalue weighted by Gasteiger charge is 2.06. The molecule has 0 aliphatic rings. The quantitative estimate of drug-likeness (QED) is 0.535. The van der Waals surface area contributed by atoms with Crippen LogP contribution in [0, 0.1) is 0 Å². The molecule has 0 fully saturated rings. The van der Waals surface area contributed by atoms with Crippen molar-refractivity contribution >= 4 is 5.96 Å². The number of nitrogens with one attached hydrogen (secondary N) is 2. The number of aromatic nitrogens is 2. The first-order valence-corrected chi connectivity index (χ1v) is 8.27. The van der Waals surface area contributed by atoms with Gasteiger partial charge in [0.15, 0.2) is 5.96 Å². The van der Waals surface area contributed by atoms with Crippen molar-refractivity contribution in [1.29, 1.82) is 0 Å². The summed E-state index contributed by atoms with van der Waals surface area (Å²) >= 11 is 0. The van der Waals surface area contributed by atoms with Gasteiger partial charge in [-0.1, -0.05) is 24.3 Å². The third kappa shape index (κ3) is 4.91. The summed E-state index contributed by atoms with van der Waals surface area (Å²) in [7, 11) is 0. The van der Waals surface area contributed by atoms with Crippen LogP contribution in [-0.4, -0.2) is 22.5 Å². The highest BCUT2D eigenvalue weighted by molar-refractivity contribution is 5.79. The maximum absolute atomic E-state index is 5.54. The summed E-state index contributed by atoms with van der Waals surface area (Å²) in [6.07, 6.45) is 3.43. The first-order chi connectivity index (χ1) is 12.3. The molecule has 0 aliphatic carbocycles. The van der Waals surface area contributed by atoms with Gasteiger partial charge in [-0.25, -0.2) is 9.98 Å². The first kappa shape index (κ1) is 16.7. The molecule has 128 valence electrons. The lowest BCUT2D eigenvalue weighted by Crippen LogP contribution is -2.37. The summed E-state index contributed by atoms with van der Waals surface area (Å²) < 4.78 is 5.54. The maximum atomic E-state index is 5.54. The van der Waals surface area contributed by atoms with Crippen molar-refractivity contribution in [3.8, 4) is 11.5 Å². The Balaban J connectivity index is 1.62. The average Bonchev–Trinajstić information content (AvgIpc) is 3.15. The molecule has 25 heavy (non-hydrogen) atoms. The topological polar surface area (TPSA) is 75.3 Å². The Bertz CT molecular complexity index is 799. The van der Waals surface area contributed by atoms with E-state index in [0.717, 1.165) is 29.5 Å². The smallest absolute Gasteiger partial charge is 0.226 e. The van der Waals surface area contributed by atoms with Crippen molar-refractivity contribution in [2.75, 3.05) is 6.54 Å². The van der Waals surface area contributed by atoms with Crippen molar-refractivity contribution in [2.24, 2.45) is 4.99 Å². The molecule has 2 aromatic heterocycles. The van der Waals surface area contributed by atoms with Crippen LogP contribution in [-0.2, 0) is 13.1 Å². The van der Waals surface area contributed by atoms with Crippen LogP contribution in [0.5, 0.6) is 0 Å². The number of oxazole rings is 1. The fraction of sp³-hybridized carbons (Fsp3) is 0.211. The number of aliphatic imine (C=N–C) groups is 1. The molecule has 0 aliphatic heterocycles. The van der Waals surface area contributed by atoms with Crippen LogP contribution < -0.4 is 10.6 Å². The van der Waals surface area contributed by atoms with Gasteiger partial charge in [-0.05, 0) is 31.2 Å². The summed E-state index contributed by atoms with van der Waals surface area (Å²) in [4.78, 5) is 13.3. The molecule has 3 aromatic rings. The van der Waals surface area contributed by atoms with Crippen LogP contribution in [0.4, 0.5) is 0 Å². The number of hydrogen-bond acceptors (Lipinski definition) is 4. The van der Waals surface area contributed by atoms with Crippen LogP contribution in [0.3, 0.4) is 0 Å². The van der Waals surface area contributed by atoms with Gasteiger partial charge >= 0.3 is 0 Å². The van der Waals surface area contributed by atoms with Crippen molar-refractivity contribution < 1.29 is 4.42 Å². The second-order valence-electron chi connectivity index (χ2n) is 5.38. The third-order valence-corrected chi connectivity index (χ3v) is 3.48. The van der Waals surface area contributed by atoms with Gasteiger partial charge < -0.3 is 15.1 Å². The summed E-state index contributed by atoms with van der Waals surface area (Å²) in [5.41, 5.74) is 2.70. The molecule has 0 saturated heterocycles. The Kier molecular flexibility index (Phi) is 5.77. The van der Waals surface area contributed by atoms with E-state index in [1.54, 1.807) is 12.5 Å². The van der Waals surface area contributed by atoms with Gasteiger partial charge in [0.25, 0.3) is 0 Å². The lowest BCUT2D eigenvalue weighted by atomic mass is 10.2. The summed E-state index contributed by atoms with van der Waals surface area (Å²) in [6.45, 7) is 3.86. The van der Waals surface area contributed by atoms with E-state index in [2.05, 4.69) is 25.6 Å². The Morgan fingerprint density at radius 2 is 1.88 bits per heavy atom. The molecule has 0 amide bonds. The van der Waals surface area contributed by atoms with Crippen LogP contribution in [0.2, 0.25) is 0 Å². The molecular formula is C19H21N5O. The fourth-order valence-electron chi connectivity index (χ4n) is 2.27. The second-order valence-corrected chi connectivity index (χ2v) is 5.38. The highest BCUT2D eigenvalue weighted by Crippen LogP contribution is 2.18. The van der Waals surface area contributed by atoms with Crippen molar-refractivity contribution in [2.45, 2.75) is 20.0 Å². The first-order valence-electron chi connectivity index (χ1n) is 8.27. The molecule has 1 aromatic carbocycles. The largest absolute Gasteiger partial charge is 0.444 e. The Morgan fingerprint density at radius 3 is 2.64 bits per heavy atom. The number of nitrogens with zero attached hydrogens (tertiary/aromatic N) is 3. The zero-order chi connectivity index (χ0) is 17.3. The van der Waals surface area contributed by atoms with Gasteiger partial charge in [-0.2, -0.15) is 0 Å². The van der Waals surface area contributed by atoms with Crippen molar-refractivity contribution in [3.63, 3.8) is 0 Å². The van der Waals surface area contributed by atoms with Gasteiger partial charge in [-0.3, -0.25) is 4.98 Å². The van der Waals surface area contributed by atoms with Crippen LogP contribution >= 0.6 is 0 Å². The number of guanidine groups is 1. The van der Waals surface area contributed by atoms with E-state index < -0.39 is 0 Å². The van der Waals surface area contributed by atoms with E-state index in [-0.39, 0.29) is 0 Å². The minimum atomic E-state index is 0.438. The van der Waals surface area contributed by atoms with Crippen LogP contribution in [0.1, 0.15) is 18.3 Å².